The quantitative estimate of drug-likeness (QED) is 0.844. The van der Waals surface area contributed by atoms with Crippen LogP contribution < -0.4 is 5.73 Å². The fourth-order valence-electron chi connectivity index (χ4n) is 4.23. The van der Waals surface area contributed by atoms with Gasteiger partial charge in [0.05, 0.1) is 0 Å². The maximum Gasteiger partial charge on any atom is 0.0358 e. The van der Waals surface area contributed by atoms with Crippen molar-refractivity contribution in [2.75, 3.05) is 33.2 Å². The van der Waals surface area contributed by atoms with Crippen molar-refractivity contribution in [1.29, 1.82) is 0 Å². The Kier molecular flexibility index (Phi) is 4.83. The summed E-state index contributed by atoms with van der Waals surface area (Å²) in [5.74, 6) is 0.872. The largest absolute Gasteiger partial charge is 0.329 e. The summed E-state index contributed by atoms with van der Waals surface area (Å²) in [7, 11) is 2.25. The lowest BCUT2D eigenvalue weighted by atomic mass is 9.73. The first-order valence-electron chi connectivity index (χ1n) is 8.44. The summed E-state index contributed by atoms with van der Waals surface area (Å²) in [5.41, 5.74) is 6.97. The maximum absolute atomic E-state index is 6.24. The first-order valence-corrected chi connectivity index (χ1v) is 8.44. The van der Waals surface area contributed by atoms with Crippen LogP contribution in [0.4, 0.5) is 0 Å². The minimum absolute atomic E-state index is 0.273. The van der Waals surface area contributed by atoms with E-state index in [0.29, 0.717) is 11.5 Å². The molecule has 0 aromatic heterocycles. The average molecular weight is 281 g/mol. The van der Waals surface area contributed by atoms with E-state index >= 15 is 0 Å². The molecule has 0 aliphatic carbocycles. The summed E-state index contributed by atoms with van der Waals surface area (Å²) in [4.78, 5) is 5.22. The molecule has 3 nitrogen and oxygen atoms in total. The molecule has 3 heteroatoms. The Morgan fingerprint density at radius 3 is 2.20 bits per heavy atom. The molecule has 2 heterocycles. The van der Waals surface area contributed by atoms with Gasteiger partial charge in [-0.25, -0.2) is 0 Å². The van der Waals surface area contributed by atoms with E-state index in [1.807, 2.05) is 0 Å². The zero-order chi connectivity index (χ0) is 15.0. The van der Waals surface area contributed by atoms with Crippen molar-refractivity contribution in [2.24, 2.45) is 17.1 Å². The molecule has 118 valence electrons. The highest BCUT2D eigenvalue weighted by molar-refractivity contribution is 5.00. The minimum atomic E-state index is 0.273. The predicted molar refractivity (Wildman–Crippen MR) is 86.9 cm³/mol. The Bertz CT molecular complexity index is 315. The van der Waals surface area contributed by atoms with Gasteiger partial charge in [-0.05, 0) is 70.6 Å². The van der Waals surface area contributed by atoms with Crippen LogP contribution in [-0.2, 0) is 0 Å². The fraction of sp³-hybridized carbons (Fsp3) is 1.00. The van der Waals surface area contributed by atoms with Gasteiger partial charge in [0.25, 0.3) is 0 Å². The van der Waals surface area contributed by atoms with E-state index in [0.717, 1.165) is 12.5 Å². The van der Waals surface area contributed by atoms with E-state index in [-0.39, 0.29) is 5.54 Å². The first-order chi connectivity index (χ1) is 9.28. The lowest BCUT2D eigenvalue weighted by Gasteiger charge is -2.53. The van der Waals surface area contributed by atoms with Crippen molar-refractivity contribution in [1.82, 2.24) is 9.80 Å². The third-order valence-corrected chi connectivity index (χ3v) is 6.13. The third kappa shape index (κ3) is 3.20. The van der Waals surface area contributed by atoms with E-state index in [4.69, 9.17) is 5.73 Å². The molecule has 0 radical (unpaired) electrons. The first kappa shape index (κ1) is 16.3. The number of hydrogen-bond donors (Lipinski definition) is 1. The van der Waals surface area contributed by atoms with Crippen molar-refractivity contribution in [2.45, 2.75) is 65.0 Å². The SMILES string of the molecule is CC1CC(CN)(N2CCC(C(C)(C)C)CC2)CCN1C. The van der Waals surface area contributed by atoms with Crippen LogP contribution in [0.3, 0.4) is 0 Å². The monoisotopic (exact) mass is 281 g/mol. The van der Waals surface area contributed by atoms with Gasteiger partial charge in [0.1, 0.15) is 0 Å². The van der Waals surface area contributed by atoms with Gasteiger partial charge in [0.2, 0.25) is 0 Å². The summed E-state index contributed by atoms with van der Waals surface area (Å²) in [6.45, 7) is 14.0. The van der Waals surface area contributed by atoms with E-state index in [1.54, 1.807) is 0 Å². The molecule has 2 atom stereocenters. The molecule has 2 aliphatic rings. The van der Waals surface area contributed by atoms with E-state index in [1.165, 1.54) is 45.3 Å². The number of likely N-dealkylation sites (tertiary alicyclic amines) is 2. The molecule has 0 bridgehead atoms. The standard InChI is InChI=1S/C17H35N3/c1-14-12-17(13-18,8-11-19(14)5)20-9-6-15(7-10-20)16(2,3)4/h14-15H,6-13,18H2,1-5H3. The molecule has 2 rings (SSSR count). The number of piperidine rings is 2. The van der Waals surface area contributed by atoms with Crippen molar-refractivity contribution < 1.29 is 0 Å². The van der Waals surface area contributed by atoms with Gasteiger partial charge < -0.3 is 10.6 Å². The van der Waals surface area contributed by atoms with Gasteiger partial charge in [-0.2, -0.15) is 0 Å². The van der Waals surface area contributed by atoms with Crippen LogP contribution in [0.25, 0.3) is 0 Å². The number of nitrogens with two attached hydrogens (primary N) is 1. The van der Waals surface area contributed by atoms with E-state index in [9.17, 15) is 0 Å². The van der Waals surface area contributed by atoms with Gasteiger partial charge in [-0.1, -0.05) is 20.8 Å². The highest BCUT2D eigenvalue weighted by Crippen LogP contribution is 2.39. The summed E-state index contributed by atoms with van der Waals surface area (Å²) >= 11 is 0. The molecule has 2 fully saturated rings. The van der Waals surface area contributed by atoms with Crippen LogP contribution >= 0.6 is 0 Å². The van der Waals surface area contributed by atoms with Gasteiger partial charge in [0.15, 0.2) is 0 Å². The minimum Gasteiger partial charge on any atom is -0.329 e. The number of rotatable bonds is 2. The zero-order valence-corrected chi connectivity index (χ0v) is 14.3. The van der Waals surface area contributed by atoms with Crippen molar-refractivity contribution in [3.05, 3.63) is 0 Å². The Morgan fingerprint density at radius 1 is 1.15 bits per heavy atom. The Labute approximate surface area is 125 Å². The van der Waals surface area contributed by atoms with Crippen LogP contribution in [0.5, 0.6) is 0 Å². The van der Waals surface area contributed by atoms with E-state index < -0.39 is 0 Å². The molecular weight excluding hydrogens is 246 g/mol. The molecule has 0 aromatic rings. The van der Waals surface area contributed by atoms with Gasteiger partial charge in [-0.15, -0.1) is 0 Å². The van der Waals surface area contributed by atoms with Gasteiger partial charge in [0, 0.05) is 18.1 Å². The molecule has 0 spiro atoms. The summed E-state index contributed by atoms with van der Waals surface area (Å²) in [6, 6.07) is 0.660. The van der Waals surface area contributed by atoms with Crippen molar-refractivity contribution >= 4 is 0 Å². The number of hydrogen-bond acceptors (Lipinski definition) is 3. The molecule has 2 unspecified atom stereocenters. The second-order valence-electron chi connectivity index (χ2n) is 8.34. The van der Waals surface area contributed by atoms with Crippen LogP contribution in [0.15, 0.2) is 0 Å². The van der Waals surface area contributed by atoms with Crippen LogP contribution in [-0.4, -0.2) is 54.6 Å². The molecular formula is C17H35N3. The maximum atomic E-state index is 6.24. The molecule has 0 amide bonds. The summed E-state index contributed by atoms with van der Waals surface area (Å²) in [6.07, 6.45) is 5.16. The van der Waals surface area contributed by atoms with Gasteiger partial charge in [-0.3, -0.25) is 4.90 Å². The fourth-order valence-corrected chi connectivity index (χ4v) is 4.23. The Morgan fingerprint density at radius 2 is 1.75 bits per heavy atom. The Hall–Kier alpha value is -0.120. The highest BCUT2D eigenvalue weighted by atomic mass is 15.3. The van der Waals surface area contributed by atoms with Gasteiger partial charge >= 0.3 is 0 Å². The normalized spacial score (nSPS) is 35.4. The van der Waals surface area contributed by atoms with E-state index in [2.05, 4.69) is 44.5 Å². The second-order valence-corrected chi connectivity index (χ2v) is 8.34. The summed E-state index contributed by atoms with van der Waals surface area (Å²) < 4.78 is 0. The third-order valence-electron chi connectivity index (χ3n) is 6.13. The number of nitrogens with zero attached hydrogens (tertiary/aromatic N) is 2. The van der Waals surface area contributed by atoms with Crippen LogP contribution in [0, 0.1) is 11.3 Å². The summed E-state index contributed by atoms with van der Waals surface area (Å²) in [5, 5.41) is 0. The molecule has 20 heavy (non-hydrogen) atoms. The van der Waals surface area contributed by atoms with Crippen molar-refractivity contribution in [3.8, 4) is 0 Å². The molecule has 0 aromatic carbocycles. The topological polar surface area (TPSA) is 32.5 Å². The zero-order valence-electron chi connectivity index (χ0n) is 14.3. The average Bonchev–Trinajstić information content (AvgIpc) is 2.41. The molecule has 2 saturated heterocycles. The van der Waals surface area contributed by atoms with Crippen LogP contribution in [0.1, 0.15) is 53.4 Å². The lowest BCUT2D eigenvalue weighted by molar-refractivity contribution is -0.0204. The van der Waals surface area contributed by atoms with Crippen molar-refractivity contribution in [3.63, 3.8) is 0 Å². The Balaban J connectivity index is 2.00. The highest BCUT2D eigenvalue weighted by Gasteiger charge is 2.42. The second kappa shape index (κ2) is 5.94. The molecule has 2 aliphatic heterocycles. The molecule has 0 saturated carbocycles. The smallest absolute Gasteiger partial charge is 0.0358 e. The van der Waals surface area contributed by atoms with Crippen LogP contribution in [0.2, 0.25) is 0 Å². The predicted octanol–water partition coefficient (Wildman–Crippen LogP) is 2.56. The molecule has 2 N–H and O–H groups in total. The lowest BCUT2D eigenvalue weighted by Crippen LogP contribution is -2.62.